The molecule has 0 aliphatic rings. The average molecular weight is 344 g/mol. The molecule has 1 N–H and O–H groups in total. The van der Waals surface area contributed by atoms with Crippen LogP contribution in [0.5, 0.6) is 0 Å². The summed E-state index contributed by atoms with van der Waals surface area (Å²) in [5, 5.41) is 4.53. The van der Waals surface area contributed by atoms with Crippen LogP contribution in [-0.4, -0.2) is 15.7 Å². The van der Waals surface area contributed by atoms with Crippen molar-refractivity contribution in [1.82, 2.24) is 9.97 Å². The molecule has 0 aliphatic heterocycles. The maximum atomic E-state index is 4.67. The maximum absolute atomic E-state index is 4.67. The van der Waals surface area contributed by atoms with E-state index in [9.17, 15) is 0 Å². The summed E-state index contributed by atoms with van der Waals surface area (Å²) in [5.74, 6) is 1.44. The van der Waals surface area contributed by atoms with E-state index in [2.05, 4.69) is 51.7 Å². The summed E-state index contributed by atoms with van der Waals surface area (Å²) >= 11 is 0. The first-order chi connectivity index (χ1) is 12.6. The molecule has 132 valence electrons. The molecule has 0 unspecified atom stereocenters. The van der Waals surface area contributed by atoms with Crippen LogP contribution in [0.3, 0.4) is 0 Å². The largest absolute Gasteiger partial charge is 0.261 e. The lowest BCUT2D eigenvalue weighted by molar-refractivity contribution is 1.06. The Balaban J connectivity index is 1.87. The van der Waals surface area contributed by atoms with Gasteiger partial charge in [-0.1, -0.05) is 61.5 Å². The van der Waals surface area contributed by atoms with Crippen LogP contribution < -0.4 is 5.43 Å². The minimum Gasteiger partial charge on any atom is -0.261 e. The third kappa shape index (κ3) is 3.97. The maximum Gasteiger partial charge on any atom is 0.161 e. The molecular formula is C22H24N4. The number of aryl methyl sites for hydroxylation is 2. The number of hydrogen-bond acceptors (Lipinski definition) is 4. The second-order valence-electron chi connectivity index (χ2n) is 6.33. The number of nitrogens with one attached hydrogen (secondary N) is 1. The number of benzene rings is 2. The van der Waals surface area contributed by atoms with E-state index in [0.29, 0.717) is 5.82 Å². The fourth-order valence-electron chi connectivity index (χ4n) is 2.64. The fourth-order valence-corrected chi connectivity index (χ4v) is 2.64. The van der Waals surface area contributed by atoms with Gasteiger partial charge in [0.1, 0.15) is 0 Å². The highest BCUT2D eigenvalue weighted by molar-refractivity contribution is 5.99. The zero-order valence-corrected chi connectivity index (χ0v) is 15.7. The molecule has 0 amide bonds. The molecule has 3 rings (SSSR count). The van der Waals surface area contributed by atoms with Crippen LogP contribution in [-0.2, 0) is 6.42 Å². The zero-order valence-electron chi connectivity index (χ0n) is 15.7. The minimum atomic E-state index is 0.705. The van der Waals surface area contributed by atoms with E-state index in [1.54, 1.807) is 0 Å². The van der Waals surface area contributed by atoms with E-state index in [0.717, 1.165) is 40.3 Å². The van der Waals surface area contributed by atoms with Crippen LogP contribution in [0.1, 0.15) is 36.2 Å². The van der Waals surface area contributed by atoms with E-state index in [1.165, 1.54) is 5.56 Å². The van der Waals surface area contributed by atoms with Crippen molar-refractivity contribution in [2.24, 2.45) is 5.10 Å². The molecule has 3 aromatic rings. The molecular weight excluding hydrogens is 320 g/mol. The highest BCUT2D eigenvalue weighted by Gasteiger charge is 2.09. The number of anilines is 1. The molecule has 4 nitrogen and oxygen atoms in total. The van der Waals surface area contributed by atoms with Gasteiger partial charge < -0.3 is 0 Å². The first-order valence-electron chi connectivity index (χ1n) is 8.88. The van der Waals surface area contributed by atoms with Crippen LogP contribution in [0, 0.1) is 13.8 Å². The van der Waals surface area contributed by atoms with Crippen LogP contribution in [0.25, 0.3) is 11.4 Å². The monoisotopic (exact) mass is 344 g/mol. The summed E-state index contributed by atoms with van der Waals surface area (Å²) in [6.45, 7) is 8.15. The van der Waals surface area contributed by atoms with Gasteiger partial charge in [-0.25, -0.2) is 9.97 Å². The standard InChI is InChI=1S/C22H24N4/c1-5-18-11-13-19(14-12-18)17(4)25-26-21-15(2)16(3)23-22(24-21)20-9-7-6-8-10-20/h6-14H,5H2,1-4H3,(H,23,24,26)/b25-17-. The normalized spacial score (nSPS) is 11.5. The molecule has 0 radical (unpaired) electrons. The lowest BCUT2D eigenvalue weighted by atomic mass is 10.1. The summed E-state index contributed by atoms with van der Waals surface area (Å²) < 4.78 is 0. The molecule has 26 heavy (non-hydrogen) atoms. The lowest BCUT2D eigenvalue weighted by Gasteiger charge is -2.10. The van der Waals surface area contributed by atoms with Crippen molar-refractivity contribution in [3.63, 3.8) is 0 Å². The van der Waals surface area contributed by atoms with Crippen molar-refractivity contribution in [3.05, 3.63) is 77.0 Å². The van der Waals surface area contributed by atoms with Crippen molar-refractivity contribution in [2.45, 2.75) is 34.1 Å². The van der Waals surface area contributed by atoms with Crippen LogP contribution >= 0.6 is 0 Å². The first-order valence-corrected chi connectivity index (χ1v) is 8.88. The lowest BCUT2D eigenvalue weighted by Crippen LogP contribution is -2.05. The molecule has 0 spiro atoms. The number of aromatic nitrogens is 2. The highest BCUT2D eigenvalue weighted by atomic mass is 15.3. The molecule has 1 aromatic heterocycles. The molecule has 0 saturated heterocycles. The minimum absolute atomic E-state index is 0.705. The van der Waals surface area contributed by atoms with Crippen molar-refractivity contribution >= 4 is 11.5 Å². The van der Waals surface area contributed by atoms with Gasteiger partial charge in [-0.15, -0.1) is 0 Å². The molecule has 2 aromatic carbocycles. The third-order valence-electron chi connectivity index (χ3n) is 4.53. The van der Waals surface area contributed by atoms with E-state index < -0.39 is 0 Å². The second-order valence-corrected chi connectivity index (χ2v) is 6.33. The van der Waals surface area contributed by atoms with E-state index in [-0.39, 0.29) is 0 Å². The highest BCUT2D eigenvalue weighted by Crippen LogP contribution is 2.21. The van der Waals surface area contributed by atoms with Crippen molar-refractivity contribution in [3.8, 4) is 11.4 Å². The summed E-state index contributed by atoms with van der Waals surface area (Å²) in [7, 11) is 0. The van der Waals surface area contributed by atoms with E-state index in [4.69, 9.17) is 0 Å². The number of nitrogens with zero attached hydrogens (tertiary/aromatic N) is 3. The van der Waals surface area contributed by atoms with Crippen LogP contribution in [0.15, 0.2) is 59.7 Å². The van der Waals surface area contributed by atoms with Gasteiger partial charge in [0.05, 0.1) is 5.71 Å². The SMILES string of the molecule is CCc1ccc(/C(C)=N\Nc2nc(-c3ccccc3)nc(C)c2C)cc1. The molecule has 0 atom stereocenters. The second kappa shape index (κ2) is 7.91. The Hall–Kier alpha value is -3.01. The van der Waals surface area contributed by atoms with Gasteiger partial charge in [-0.3, -0.25) is 5.43 Å². The summed E-state index contributed by atoms with van der Waals surface area (Å²) in [6, 6.07) is 18.5. The van der Waals surface area contributed by atoms with Crippen molar-refractivity contribution in [1.29, 1.82) is 0 Å². The molecule has 1 heterocycles. The van der Waals surface area contributed by atoms with Gasteiger partial charge in [-0.05, 0) is 38.3 Å². The Bertz CT molecular complexity index is 913. The Morgan fingerprint density at radius 1 is 0.962 bits per heavy atom. The quantitative estimate of drug-likeness (QED) is 0.514. The Kier molecular flexibility index (Phi) is 5.42. The zero-order chi connectivity index (χ0) is 18.5. The van der Waals surface area contributed by atoms with Gasteiger partial charge in [-0.2, -0.15) is 5.10 Å². The van der Waals surface area contributed by atoms with Gasteiger partial charge >= 0.3 is 0 Å². The number of hydrogen-bond donors (Lipinski definition) is 1. The predicted molar refractivity (Wildman–Crippen MR) is 109 cm³/mol. The molecule has 0 aliphatic carbocycles. The van der Waals surface area contributed by atoms with Gasteiger partial charge in [0.15, 0.2) is 11.6 Å². The average Bonchev–Trinajstić information content (AvgIpc) is 2.69. The topological polar surface area (TPSA) is 50.2 Å². The number of rotatable bonds is 5. The van der Waals surface area contributed by atoms with Crippen molar-refractivity contribution in [2.75, 3.05) is 5.43 Å². The third-order valence-corrected chi connectivity index (χ3v) is 4.53. The van der Waals surface area contributed by atoms with Crippen molar-refractivity contribution < 1.29 is 0 Å². The summed E-state index contributed by atoms with van der Waals surface area (Å²) in [6.07, 6.45) is 1.04. The van der Waals surface area contributed by atoms with Crippen LogP contribution in [0.4, 0.5) is 5.82 Å². The molecule has 4 heteroatoms. The Morgan fingerprint density at radius 3 is 2.31 bits per heavy atom. The molecule has 0 fully saturated rings. The summed E-state index contributed by atoms with van der Waals surface area (Å²) in [4.78, 5) is 9.28. The number of hydrazone groups is 1. The molecule has 0 bridgehead atoms. The van der Waals surface area contributed by atoms with E-state index >= 15 is 0 Å². The van der Waals surface area contributed by atoms with Gasteiger partial charge in [0, 0.05) is 16.8 Å². The fraction of sp³-hybridized carbons (Fsp3) is 0.227. The molecule has 0 saturated carbocycles. The van der Waals surface area contributed by atoms with Gasteiger partial charge in [0.25, 0.3) is 0 Å². The Labute approximate surface area is 155 Å². The predicted octanol–water partition coefficient (Wildman–Crippen LogP) is 5.16. The Morgan fingerprint density at radius 2 is 1.65 bits per heavy atom. The van der Waals surface area contributed by atoms with E-state index in [1.807, 2.05) is 51.1 Å². The smallest absolute Gasteiger partial charge is 0.161 e. The summed E-state index contributed by atoms with van der Waals surface area (Å²) in [5.41, 5.74) is 9.41. The van der Waals surface area contributed by atoms with Gasteiger partial charge in [0.2, 0.25) is 0 Å². The van der Waals surface area contributed by atoms with Crippen LogP contribution in [0.2, 0.25) is 0 Å². The first kappa shape index (κ1) is 17.8.